The van der Waals surface area contributed by atoms with E-state index in [9.17, 15) is 34.5 Å². The Morgan fingerprint density at radius 1 is 0.446 bits per heavy atom. The molecule has 4 nitrogen and oxygen atoms in total. The van der Waals surface area contributed by atoms with Gasteiger partial charge in [0.05, 0.1) is 24.2 Å². The first-order valence-electron chi connectivity index (χ1n) is 20.1. The van der Waals surface area contributed by atoms with Crippen LogP contribution in [0.25, 0.3) is 0 Å². The molecular weight excluding hydrogens is 924 g/mol. The molecule has 1 aliphatic carbocycles. The molecule has 0 unspecified atom stereocenters. The van der Waals surface area contributed by atoms with Gasteiger partial charge in [-0.2, -0.15) is 10.5 Å². The Hall–Kier alpha value is -5.41. The van der Waals surface area contributed by atoms with E-state index in [4.69, 9.17) is 20.5 Å². The summed E-state index contributed by atoms with van der Waals surface area (Å²) < 4.78 is 78.0. The fraction of sp³-hybridized carbons (Fsp3) is 0.167. The molecule has 2 atom stereocenters. The van der Waals surface area contributed by atoms with Crippen LogP contribution in [-0.4, -0.2) is 39.0 Å². The van der Waals surface area contributed by atoms with Crippen molar-refractivity contribution in [2.45, 2.75) is 51.6 Å². The molecule has 0 aliphatic heterocycles. The topological polar surface area (TPSA) is 72.3 Å². The van der Waals surface area contributed by atoms with Gasteiger partial charge in [0.15, 0.2) is 0 Å². The molecule has 7 rings (SSSR count). The quantitative estimate of drug-likeness (QED) is 0.0594. The van der Waals surface area contributed by atoms with E-state index < -0.39 is 30.4 Å². The van der Waals surface area contributed by atoms with Gasteiger partial charge in [0.1, 0.15) is 0 Å². The van der Waals surface area contributed by atoms with Crippen LogP contribution in [0.5, 0.6) is 0 Å². The minimum Gasteiger partial charge on any atom is -0.418 e. The Morgan fingerprint density at radius 2 is 0.662 bits per heavy atom. The Bertz CT molecular complexity index is 2130. The van der Waals surface area contributed by atoms with Crippen LogP contribution in [0, 0.1) is 22.7 Å². The Kier molecular flexibility index (Phi) is 25.6. The normalized spacial score (nSPS) is 14.4. The van der Waals surface area contributed by atoms with Gasteiger partial charge >= 0.3 is 31.6 Å². The van der Waals surface area contributed by atoms with E-state index in [2.05, 4.69) is 182 Å². The molecule has 338 valence electrons. The van der Waals surface area contributed by atoms with Crippen LogP contribution in [-0.2, 0) is 17.1 Å². The first-order valence-corrected chi connectivity index (χ1v) is 22.8. The van der Waals surface area contributed by atoms with Crippen LogP contribution in [0.4, 0.5) is 34.5 Å². The molecule has 0 bridgehead atoms. The van der Waals surface area contributed by atoms with E-state index in [1.807, 2.05) is 0 Å². The van der Waals surface area contributed by atoms with Crippen molar-refractivity contribution < 1.29 is 51.6 Å². The molecule has 0 N–H and O–H groups in total. The van der Waals surface area contributed by atoms with Crippen molar-refractivity contribution >= 4 is 74.6 Å². The van der Waals surface area contributed by atoms with Crippen LogP contribution >= 0.6 is 15.8 Å². The maximum atomic E-state index is 9.75. The summed E-state index contributed by atoms with van der Waals surface area (Å²) in [6.07, 6.45) is 8.81. The fourth-order valence-electron chi connectivity index (χ4n) is 6.55. The third kappa shape index (κ3) is 21.4. The van der Waals surface area contributed by atoms with Crippen LogP contribution in [0.2, 0.25) is 0 Å². The summed E-state index contributed by atoms with van der Waals surface area (Å²) in [7, 11) is -13.4. The van der Waals surface area contributed by atoms with Crippen LogP contribution in [0.15, 0.2) is 180 Å². The summed E-state index contributed by atoms with van der Waals surface area (Å²) in [5.74, 6) is 0. The van der Waals surface area contributed by atoms with Crippen molar-refractivity contribution in [3.63, 3.8) is 0 Å². The molecule has 1 aliphatic rings. The van der Waals surface area contributed by atoms with Gasteiger partial charge in [-0.05, 0) is 60.5 Å². The van der Waals surface area contributed by atoms with Gasteiger partial charge in [0.2, 0.25) is 0 Å². The van der Waals surface area contributed by atoms with Gasteiger partial charge in [-0.25, -0.2) is 0 Å². The first-order chi connectivity index (χ1) is 30.7. The average molecular weight is 970 g/mol. The largest absolute Gasteiger partial charge is 2.00 e. The average Bonchev–Trinajstić information content (AvgIpc) is 3.27. The Balaban J connectivity index is 0.000000742. The molecule has 0 aromatic heterocycles. The zero-order valence-corrected chi connectivity index (χ0v) is 38.4. The SMILES string of the molecule is C(=N[C@@H]1CCCC[C@H]1N=Cc1ccccc1P(c1ccccc1)c1ccccc1)c1ccccc1P(c1ccccc1)c1ccccc1.CC#N.CC#N.F[B-](F)(F)F.F[B-](F)(F)F.[Fe+2]. The number of nitrogens with zero attached hydrogens (tertiary/aromatic N) is 4. The van der Waals surface area contributed by atoms with E-state index in [0.29, 0.717) is 0 Å². The third-order valence-corrected chi connectivity index (χ3v) is 14.0. The monoisotopic (exact) mass is 970 g/mol. The number of hydrogen-bond donors (Lipinski definition) is 0. The van der Waals surface area contributed by atoms with E-state index in [0.717, 1.165) is 12.8 Å². The van der Waals surface area contributed by atoms with Gasteiger partial charge in [-0.1, -0.05) is 183 Å². The molecule has 0 heterocycles. The summed E-state index contributed by atoms with van der Waals surface area (Å²) in [6, 6.07) is 65.2. The standard InChI is InChI=1S/C44H40N2P2.2C2H3N.2BF4.Fe/c1-5-21-37(22-6-1)47(38-23-7-2-8-24-38)43-31-17-13-19-35(43)33-45-41-29-15-16-30-42(41)46-34-36-20-14-18-32-44(36)48(39-25-9-3-10-26-39)40-27-11-4-12-28-40;2*1-2-3;2*2-1(3,4)5;/h1-14,17-28,31-34,41-42H,15-16,29-30H2;2*1H3;;;/q;;;2*-1;+2/t41-,42-;;;;;/m1...../s1. The number of aliphatic imine (C=N–C) groups is 2. The summed E-state index contributed by atoms with van der Waals surface area (Å²) in [5.41, 5.74) is 2.40. The van der Waals surface area contributed by atoms with E-state index in [1.54, 1.807) is 12.1 Å². The van der Waals surface area contributed by atoms with Crippen LogP contribution in [0.1, 0.15) is 50.7 Å². The second-order valence-electron chi connectivity index (χ2n) is 13.5. The van der Waals surface area contributed by atoms with Crippen molar-refractivity contribution in [1.29, 1.82) is 10.5 Å². The summed E-state index contributed by atoms with van der Waals surface area (Å²) in [6.45, 7) is 2.86. The molecular formula is C48H46B2F8FeN4P2. The minimum absolute atomic E-state index is 0. The summed E-state index contributed by atoms with van der Waals surface area (Å²) in [4.78, 5) is 10.6. The molecule has 17 heteroatoms. The first kappa shape index (κ1) is 55.7. The fourth-order valence-corrected chi connectivity index (χ4v) is 11.4. The molecule has 65 heavy (non-hydrogen) atoms. The smallest absolute Gasteiger partial charge is 0.418 e. The maximum Gasteiger partial charge on any atom is 2.00 e. The van der Waals surface area contributed by atoms with E-state index >= 15 is 0 Å². The zero-order chi connectivity index (χ0) is 46.8. The number of benzene rings is 6. The number of halogens is 8. The third-order valence-electron chi connectivity index (χ3n) is 8.92. The van der Waals surface area contributed by atoms with Crippen molar-refractivity contribution in [2.75, 3.05) is 0 Å². The molecule has 0 saturated heterocycles. The molecule has 0 radical (unpaired) electrons. The molecule has 6 aromatic carbocycles. The number of rotatable bonds is 10. The van der Waals surface area contributed by atoms with Crippen LogP contribution in [0.3, 0.4) is 0 Å². The Labute approximate surface area is 389 Å². The van der Waals surface area contributed by atoms with E-state index in [1.165, 1.54) is 69.6 Å². The van der Waals surface area contributed by atoms with Crippen LogP contribution < -0.4 is 31.8 Å². The molecule has 0 spiro atoms. The number of hydrogen-bond acceptors (Lipinski definition) is 4. The maximum absolute atomic E-state index is 9.75. The van der Waals surface area contributed by atoms with Gasteiger partial charge in [-0.15, -0.1) is 0 Å². The van der Waals surface area contributed by atoms with Crippen molar-refractivity contribution in [2.24, 2.45) is 9.98 Å². The minimum atomic E-state index is -6.00. The Morgan fingerprint density at radius 3 is 0.908 bits per heavy atom. The molecule has 1 saturated carbocycles. The van der Waals surface area contributed by atoms with Crippen molar-refractivity contribution in [3.8, 4) is 12.1 Å². The summed E-state index contributed by atoms with van der Waals surface area (Å²) >= 11 is 0. The second kappa shape index (κ2) is 29.9. The van der Waals surface area contributed by atoms with Crippen molar-refractivity contribution in [1.82, 2.24) is 0 Å². The van der Waals surface area contributed by atoms with Gasteiger partial charge < -0.3 is 34.5 Å². The van der Waals surface area contributed by atoms with Gasteiger partial charge in [0, 0.05) is 37.4 Å². The van der Waals surface area contributed by atoms with Gasteiger partial charge in [0.25, 0.3) is 0 Å². The molecule has 1 fully saturated rings. The zero-order valence-electron chi connectivity index (χ0n) is 35.5. The predicted octanol–water partition coefficient (Wildman–Crippen LogP) is 11.7. The predicted molar refractivity (Wildman–Crippen MR) is 254 cm³/mol. The van der Waals surface area contributed by atoms with Gasteiger partial charge in [-0.3, -0.25) is 9.98 Å². The van der Waals surface area contributed by atoms with E-state index in [-0.39, 0.29) is 29.2 Å². The van der Waals surface area contributed by atoms with Crippen molar-refractivity contribution in [3.05, 3.63) is 181 Å². The second-order valence-corrected chi connectivity index (χ2v) is 17.9. The summed E-state index contributed by atoms with van der Waals surface area (Å²) in [5, 5.41) is 22.7. The molecule has 6 aromatic rings. The number of nitriles is 2. The molecule has 0 amide bonds.